The maximum Gasteiger partial charge on any atom is 0.411 e. The minimum atomic E-state index is -0.574. The molecule has 0 saturated carbocycles. The van der Waals surface area contributed by atoms with Crippen LogP contribution in [0.1, 0.15) is 10.4 Å². The second kappa shape index (κ2) is 6.38. The first-order valence-corrected chi connectivity index (χ1v) is 6.03. The molecule has 0 saturated heterocycles. The van der Waals surface area contributed by atoms with E-state index in [1.54, 1.807) is 24.3 Å². The average molecular weight is 287 g/mol. The van der Waals surface area contributed by atoms with Crippen molar-refractivity contribution < 1.29 is 14.3 Å². The van der Waals surface area contributed by atoms with Crippen LogP contribution in [0.25, 0.3) is 0 Å². The molecule has 0 aliphatic heterocycles. The first-order valence-electron chi connectivity index (χ1n) is 6.03. The molecule has 2 rings (SSSR count). The van der Waals surface area contributed by atoms with Gasteiger partial charge in [0.25, 0.3) is 5.91 Å². The highest BCUT2D eigenvalue weighted by molar-refractivity contribution is 6.04. The summed E-state index contributed by atoms with van der Waals surface area (Å²) in [5, 5.41) is 5.14. The summed E-state index contributed by atoms with van der Waals surface area (Å²) in [5.41, 5.74) is 0.988. The molecule has 1 aromatic carbocycles. The van der Waals surface area contributed by atoms with Crippen LogP contribution in [-0.4, -0.2) is 24.1 Å². The van der Waals surface area contributed by atoms with E-state index in [1.807, 2.05) is 0 Å². The first kappa shape index (κ1) is 14.3. The molecule has 7 heteroatoms. The van der Waals surface area contributed by atoms with Crippen molar-refractivity contribution in [1.82, 2.24) is 4.98 Å². The lowest BCUT2D eigenvalue weighted by Gasteiger charge is -2.07. The summed E-state index contributed by atoms with van der Waals surface area (Å²) in [4.78, 5) is 36.5. The summed E-state index contributed by atoms with van der Waals surface area (Å²) in [7, 11) is 1.27. The van der Waals surface area contributed by atoms with Crippen LogP contribution in [-0.2, 0) is 4.74 Å². The molecule has 7 nitrogen and oxygen atoms in total. The molecule has 0 fully saturated rings. The fourth-order valence-electron chi connectivity index (χ4n) is 1.59. The van der Waals surface area contributed by atoms with Crippen molar-refractivity contribution in [3.8, 4) is 0 Å². The highest BCUT2D eigenvalue weighted by atomic mass is 16.5. The summed E-state index contributed by atoms with van der Waals surface area (Å²) in [6.45, 7) is 0. The molecule has 0 bridgehead atoms. The monoisotopic (exact) mass is 287 g/mol. The Morgan fingerprint density at radius 1 is 1.05 bits per heavy atom. The Bertz CT molecular complexity index is 707. The third-order valence-corrected chi connectivity index (χ3v) is 2.61. The molecule has 0 unspecified atom stereocenters. The predicted molar refractivity (Wildman–Crippen MR) is 77.5 cm³/mol. The number of amides is 2. The number of nitrogens with one attached hydrogen (secondary N) is 3. The average Bonchev–Trinajstić information content (AvgIpc) is 2.49. The zero-order valence-electron chi connectivity index (χ0n) is 11.2. The van der Waals surface area contributed by atoms with E-state index in [0.29, 0.717) is 11.4 Å². The molecule has 0 aliphatic rings. The molecule has 3 N–H and O–H groups in total. The molecule has 1 heterocycles. The van der Waals surface area contributed by atoms with Crippen molar-refractivity contribution >= 4 is 23.4 Å². The normalized spacial score (nSPS) is 9.76. The molecule has 0 radical (unpaired) electrons. The molecule has 2 amide bonds. The number of hydrogen-bond donors (Lipinski definition) is 3. The van der Waals surface area contributed by atoms with Crippen LogP contribution in [0.15, 0.2) is 47.4 Å². The van der Waals surface area contributed by atoms with Crippen molar-refractivity contribution in [2.45, 2.75) is 0 Å². The number of carbonyl (C=O) groups is 2. The number of benzene rings is 1. The van der Waals surface area contributed by atoms with E-state index >= 15 is 0 Å². The van der Waals surface area contributed by atoms with E-state index in [4.69, 9.17) is 0 Å². The lowest BCUT2D eigenvalue weighted by molar-refractivity contribution is 0.102. The van der Waals surface area contributed by atoms with Crippen molar-refractivity contribution in [2.24, 2.45) is 0 Å². The van der Waals surface area contributed by atoms with Crippen molar-refractivity contribution in [2.75, 3.05) is 17.7 Å². The third-order valence-electron chi connectivity index (χ3n) is 2.61. The van der Waals surface area contributed by atoms with E-state index in [-0.39, 0.29) is 11.1 Å². The van der Waals surface area contributed by atoms with Gasteiger partial charge in [-0.05, 0) is 30.3 Å². The molecular formula is C14H13N3O4. The summed E-state index contributed by atoms with van der Waals surface area (Å²) in [6, 6.07) is 9.19. The third kappa shape index (κ3) is 3.93. The Balaban J connectivity index is 2.05. The van der Waals surface area contributed by atoms with Gasteiger partial charge in [-0.25, -0.2) is 4.79 Å². The lowest BCUT2D eigenvalue weighted by atomic mass is 10.2. The van der Waals surface area contributed by atoms with Crippen LogP contribution in [0, 0.1) is 0 Å². The molecular weight excluding hydrogens is 274 g/mol. The maximum absolute atomic E-state index is 11.9. The number of ether oxygens (including phenoxy) is 1. The summed E-state index contributed by atoms with van der Waals surface area (Å²) in [5.74, 6) is -0.394. The van der Waals surface area contributed by atoms with Gasteiger partial charge >= 0.3 is 6.09 Å². The molecule has 0 atom stereocenters. The second-order valence-electron chi connectivity index (χ2n) is 4.09. The smallest absolute Gasteiger partial charge is 0.411 e. The fraction of sp³-hybridized carbons (Fsp3) is 0.0714. The number of H-pyrrole nitrogens is 1. The maximum atomic E-state index is 11.9. The van der Waals surface area contributed by atoms with Gasteiger partial charge in [-0.2, -0.15) is 0 Å². The Morgan fingerprint density at radius 3 is 2.24 bits per heavy atom. The molecule has 0 aliphatic carbocycles. The van der Waals surface area contributed by atoms with E-state index in [9.17, 15) is 14.4 Å². The Kier molecular flexibility index (Phi) is 4.35. The second-order valence-corrected chi connectivity index (χ2v) is 4.09. The van der Waals surface area contributed by atoms with Gasteiger partial charge in [0.2, 0.25) is 5.56 Å². The number of anilines is 2. The molecule has 108 valence electrons. The van der Waals surface area contributed by atoms with Gasteiger partial charge < -0.3 is 15.0 Å². The van der Waals surface area contributed by atoms with E-state index in [1.165, 1.54) is 25.4 Å². The fourth-order valence-corrected chi connectivity index (χ4v) is 1.59. The summed E-state index contributed by atoms with van der Waals surface area (Å²) in [6.07, 6.45) is 0.830. The zero-order chi connectivity index (χ0) is 15.2. The first-order chi connectivity index (χ1) is 10.1. The van der Waals surface area contributed by atoms with E-state index in [0.717, 1.165) is 0 Å². The number of carbonyl (C=O) groups excluding carboxylic acids is 2. The molecule has 2 aromatic rings. The zero-order valence-corrected chi connectivity index (χ0v) is 11.2. The van der Waals surface area contributed by atoms with Gasteiger partial charge in [-0.3, -0.25) is 14.9 Å². The quantitative estimate of drug-likeness (QED) is 0.801. The molecule has 21 heavy (non-hydrogen) atoms. The predicted octanol–water partition coefficient (Wildman–Crippen LogP) is 1.81. The lowest BCUT2D eigenvalue weighted by Crippen LogP contribution is -2.15. The Morgan fingerprint density at radius 2 is 1.67 bits per heavy atom. The van der Waals surface area contributed by atoms with Crippen LogP contribution in [0.3, 0.4) is 0 Å². The number of aromatic amines is 1. The van der Waals surface area contributed by atoms with Crippen LogP contribution < -0.4 is 16.2 Å². The van der Waals surface area contributed by atoms with Gasteiger partial charge in [-0.15, -0.1) is 0 Å². The highest BCUT2D eigenvalue weighted by Crippen LogP contribution is 2.14. The Labute approximate surface area is 120 Å². The number of hydrogen-bond acceptors (Lipinski definition) is 4. The summed E-state index contributed by atoms with van der Waals surface area (Å²) < 4.78 is 4.47. The van der Waals surface area contributed by atoms with Crippen molar-refractivity contribution in [3.05, 3.63) is 58.5 Å². The van der Waals surface area contributed by atoms with Crippen molar-refractivity contribution in [1.29, 1.82) is 0 Å². The van der Waals surface area contributed by atoms with Gasteiger partial charge in [0.15, 0.2) is 0 Å². The van der Waals surface area contributed by atoms with E-state index < -0.39 is 12.0 Å². The largest absolute Gasteiger partial charge is 0.453 e. The van der Waals surface area contributed by atoms with Gasteiger partial charge in [-0.1, -0.05) is 0 Å². The minimum absolute atomic E-state index is 0.260. The molecule has 1 aromatic heterocycles. The van der Waals surface area contributed by atoms with Crippen molar-refractivity contribution in [3.63, 3.8) is 0 Å². The van der Waals surface area contributed by atoms with Gasteiger partial charge in [0.05, 0.1) is 7.11 Å². The van der Waals surface area contributed by atoms with Gasteiger partial charge in [0, 0.05) is 29.2 Å². The summed E-state index contributed by atoms with van der Waals surface area (Å²) >= 11 is 0. The highest BCUT2D eigenvalue weighted by Gasteiger charge is 2.07. The van der Waals surface area contributed by atoms with Crippen LogP contribution in [0.5, 0.6) is 0 Å². The van der Waals surface area contributed by atoms with Gasteiger partial charge in [0.1, 0.15) is 0 Å². The Hall–Kier alpha value is -3.09. The molecule has 0 spiro atoms. The number of rotatable bonds is 3. The minimum Gasteiger partial charge on any atom is -0.453 e. The van der Waals surface area contributed by atoms with Crippen LogP contribution >= 0.6 is 0 Å². The standard InChI is InChI=1S/C14H13N3O4/c1-21-14(20)17-11-4-2-10(3-5-11)16-13(19)9-6-7-15-12(18)8-9/h2-8H,1H3,(H,15,18)(H,16,19)(H,17,20). The topological polar surface area (TPSA) is 100 Å². The number of aromatic nitrogens is 1. The van der Waals surface area contributed by atoms with Crippen LogP contribution in [0.2, 0.25) is 0 Å². The number of pyridine rings is 1. The SMILES string of the molecule is COC(=O)Nc1ccc(NC(=O)c2cc[nH]c(=O)c2)cc1. The van der Waals surface area contributed by atoms with E-state index in [2.05, 4.69) is 20.4 Å². The van der Waals surface area contributed by atoms with Crippen LogP contribution in [0.4, 0.5) is 16.2 Å². The number of methoxy groups -OCH3 is 1.